The lowest BCUT2D eigenvalue weighted by Gasteiger charge is -2.41. The van der Waals surface area contributed by atoms with E-state index in [0.717, 1.165) is 25.9 Å². The number of rotatable bonds is 14. The van der Waals surface area contributed by atoms with Gasteiger partial charge in [0.2, 0.25) is 23.6 Å². The highest BCUT2D eigenvalue weighted by Crippen LogP contribution is 2.30. The van der Waals surface area contributed by atoms with Crippen LogP contribution in [0.4, 0.5) is 16.2 Å². The van der Waals surface area contributed by atoms with Gasteiger partial charge in [0.25, 0.3) is 0 Å². The van der Waals surface area contributed by atoms with Crippen LogP contribution in [0.2, 0.25) is 0 Å². The second kappa shape index (κ2) is 18.1. The zero-order valence-corrected chi connectivity index (χ0v) is 26.5. The molecule has 1 atom stereocenters. The third-order valence-corrected chi connectivity index (χ3v) is 7.61. The molecule has 14 heteroatoms. The molecule has 0 radical (unpaired) electrons. The molecule has 46 heavy (non-hydrogen) atoms. The summed E-state index contributed by atoms with van der Waals surface area (Å²) in [7, 11) is 1.18. The highest BCUT2D eigenvalue weighted by atomic mass is 16.5. The Bertz CT molecular complexity index is 1360. The predicted molar refractivity (Wildman–Crippen MR) is 172 cm³/mol. The van der Waals surface area contributed by atoms with Crippen LogP contribution in [0.25, 0.3) is 0 Å². The van der Waals surface area contributed by atoms with E-state index in [4.69, 9.17) is 0 Å². The molecule has 1 aliphatic heterocycles. The first-order valence-electron chi connectivity index (χ1n) is 15.2. The van der Waals surface area contributed by atoms with Crippen molar-refractivity contribution in [3.63, 3.8) is 0 Å². The fourth-order valence-electron chi connectivity index (χ4n) is 5.06. The maximum Gasteiger partial charge on any atom is 0.325 e. The molecule has 0 aliphatic carbocycles. The van der Waals surface area contributed by atoms with Crippen molar-refractivity contribution in [1.29, 1.82) is 0 Å². The quantitative estimate of drug-likeness (QED) is 0.192. The highest BCUT2D eigenvalue weighted by Gasteiger charge is 2.30. The zero-order chi connectivity index (χ0) is 33.5. The van der Waals surface area contributed by atoms with Crippen LogP contribution in [0.5, 0.6) is 0 Å². The molecule has 6 amide bonds. The van der Waals surface area contributed by atoms with E-state index < -0.39 is 42.8 Å². The Morgan fingerprint density at radius 3 is 2.00 bits per heavy atom. The average molecular weight is 638 g/mol. The molecule has 1 aliphatic rings. The fraction of sp³-hybridized carbons (Fsp3) is 0.438. The van der Waals surface area contributed by atoms with Gasteiger partial charge in [-0.1, -0.05) is 43.3 Å². The van der Waals surface area contributed by atoms with Crippen molar-refractivity contribution < 1.29 is 33.5 Å². The third kappa shape index (κ3) is 11.2. The van der Waals surface area contributed by atoms with E-state index >= 15 is 0 Å². The van der Waals surface area contributed by atoms with Crippen LogP contribution in [0.1, 0.15) is 44.7 Å². The number of urea groups is 1. The van der Waals surface area contributed by atoms with Crippen LogP contribution in [0, 0.1) is 0 Å². The number of methoxy groups -OCH3 is 1. The summed E-state index contributed by atoms with van der Waals surface area (Å²) in [5, 5.41) is 12.0. The number of hydrogen-bond acceptors (Lipinski definition) is 8. The molecular formula is C32H43N7O7. The molecule has 0 aromatic heterocycles. The van der Waals surface area contributed by atoms with E-state index in [2.05, 4.69) is 55.3 Å². The second-order valence-electron chi connectivity index (χ2n) is 10.7. The van der Waals surface area contributed by atoms with Gasteiger partial charge in [0.15, 0.2) is 0 Å². The van der Waals surface area contributed by atoms with Gasteiger partial charge in [-0.3, -0.25) is 28.9 Å². The minimum atomic E-state index is -0.643. The minimum absolute atomic E-state index is 0.00121. The number of benzene rings is 2. The van der Waals surface area contributed by atoms with Crippen LogP contribution in [0.15, 0.2) is 54.6 Å². The van der Waals surface area contributed by atoms with E-state index in [0.29, 0.717) is 17.8 Å². The van der Waals surface area contributed by atoms with Gasteiger partial charge in [0, 0.05) is 43.0 Å². The Kier molecular flexibility index (Phi) is 14.0. The smallest absolute Gasteiger partial charge is 0.325 e. The van der Waals surface area contributed by atoms with Gasteiger partial charge in [0.05, 0.1) is 26.7 Å². The number of nitrogens with zero attached hydrogens (tertiary/aromatic N) is 2. The summed E-state index contributed by atoms with van der Waals surface area (Å²) in [4.78, 5) is 76.5. The Balaban J connectivity index is 1.46. The van der Waals surface area contributed by atoms with Crippen molar-refractivity contribution in [2.45, 2.75) is 45.2 Å². The number of piperidine rings is 1. The van der Waals surface area contributed by atoms with E-state index in [1.165, 1.54) is 12.7 Å². The van der Waals surface area contributed by atoms with E-state index in [9.17, 15) is 28.8 Å². The largest absolute Gasteiger partial charge is 0.468 e. The first kappa shape index (κ1) is 35.5. The Hall–Kier alpha value is -4.98. The van der Waals surface area contributed by atoms with Crippen molar-refractivity contribution >= 4 is 47.0 Å². The van der Waals surface area contributed by atoms with Gasteiger partial charge >= 0.3 is 12.0 Å². The maximum absolute atomic E-state index is 13.1. The van der Waals surface area contributed by atoms with Crippen LogP contribution in [-0.4, -0.2) is 92.9 Å². The molecule has 1 fully saturated rings. The van der Waals surface area contributed by atoms with Crippen molar-refractivity contribution in [1.82, 2.24) is 26.2 Å². The van der Waals surface area contributed by atoms with Gasteiger partial charge in [0.1, 0.15) is 6.54 Å². The molecule has 0 bridgehead atoms. The van der Waals surface area contributed by atoms with Crippen LogP contribution in [-0.2, 0) is 28.7 Å². The molecular weight excluding hydrogens is 594 g/mol. The summed E-state index contributed by atoms with van der Waals surface area (Å²) in [6, 6.07) is 17.0. The van der Waals surface area contributed by atoms with Crippen molar-refractivity contribution in [3.8, 4) is 0 Å². The predicted octanol–water partition coefficient (Wildman–Crippen LogP) is 1.30. The lowest BCUT2D eigenvalue weighted by Crippen LogP contribution is -2.48. The van der Waals surface area contributed by atoms with E-state index in [1.807, 2.05) is 36.1 Å². The normalized spacial score (nSPS) is 13.9. The molecule has 5 N–H and O–H groups in total. The SMILES string of the molecule is CCC(=O)N(c1cccc(NC(=O)NCC(=O)NCC(=O)NCC(=O)NCC(=O)OC)c1)C1CCN(C(C)c2ccccc2)CC1. The number of ether oxygens (including phenoxy) is 1. The number of hydrogen-bond donors (Lipinski definition) is 5. The molecule has 1 saturated heterocycles. The summed E-state index contributed by atoms with van der Waals surface area (Å²) < 4.78 is 4.40. The third-order valence-electron chi connectivity index (χ3n) is 7.61. The Morgan fingerprint density at radius 1 is 0.826 bits per heavy atom. The molecule has 1 unspecified atom stereocenters. The topological polar surface area (TPSA) is 178 Å². The Morgan fingerprint density at radius 2 is 1.41 bits per heavy atom. The monoisotopic (exact) mass is 637 g/mol. The van der Waals surface area contributed by atoms with Gasteiger partial charge in [-0.25, -0.2) is 4.79 Å². The summed E-state index contributed by atoms with van der Waals surface area (Å²) >= 11 is 0. The highest BCUT2D eigenvalue weighted by molar-refractivity contribution is 5.96. The van der Waals surface area contributed by atoms with Crippen LogP contribution < -0.4 is 31.5 Å². The number of anilines is 2. The molecule has 2 aromatic rings. The molecule has 3 rings (SSSR count). The molecule has 14 nitrogen and oxygen atoms in total. The molecule has 248 valence electrons. The summed E-state index contributed by atoms with van der Waals surface area (Å²) in [5.74, 6) is -2.50. The number of carbonyl (C=O) groups excluding carboxylic acids is 6. The van der Waals surface area contributed by atoms with E-state index in [-0.39, 0.29) is 31.1 Å². The standard InChI is InChI=1S/C32H43N7O7/c1-4-30(43)39(25-13-15-38(16-14-25)22(2)23-9-6-5-7-10-23)26-12-8-11-24(17-26)37-32(45)36-20-29(42)34-18-27(40)33-19-28(41)35-21-31(44)46-3/h5-12,17,22,25H,4,13-16,18-21H2,1-3H3,(H,33,40)(H,34,42)(H,35,41)(H2,36,37,45). The first-order valence-corrected chi connectivity index (χ1v) is 15.2. The number of nitrogens with one attached hydrogen (secondary N) is 5. The second-order valence-corrected chi connectivity index (χ2v) is 10.7. The van der Waals surface area contributed by atoms with Crippen LogP contribution >= 0.6 is 0 Å². The van der Waals surface area contributed by atoms with Gasteiger partial charge in [-0.2, -0.15) is 0 Å². The Labute approximate surface area is 268 Å². The summed E-state index contributed by atoms with van der Waals surface area (Å²) in [6.45, 7) is 4.19. The zero-order valence-electron chi connectivity index (χ0n) is 26.5. The van der Waals surface area contributed by atoms with Crippen molar-refractivity contribution in [2.75, 3.05) is 56.6 Å². The molecule has 0 spiro atoms. The average Bonchev–Trinajstić information content (AvgIpc) is 3.08. The van der Waals surface area contributed by atoms with Crippen LogP contribution in [0.3, 0.4) is 0 Å². The van der Waals surface area contributed by atoms with Gasteiger partial charge < -0.3 is 36.2 Å². The first-order chi connectivity index (χ1) is 22.1. The number of esters is 1. The minimum Gasteiger partial charge on any atom is -0.468 e. The molecule has 1 heterocycles. The maximum atomic E-state index is 13.1. The molecule has 2 aromatic carbocycles. The summed E-state index contributed by atoms with van der Waals surface area (Å²) in [5.41, 5.74) is 2.39. The lowest BCUT2D eigenvalue weighted by molar-refractivity contribution is -0.141. The summed E-state index contributed by atoms with van der Waals surface area (Å²) in [6.07, 6.45) is 1.97. The van der Waals surface area contributed by atoms with E-state index in [1.54, 1.807) is 18.2 Å². The lowest BCUT2D eigenvalue weighted by atomic mass is 9.98. The van der Waals surface area contributed by atoms with Gasteiger partial charge in [-0.15, -0.1) is 0 Å². The molecule has 0 saturated carbocycles. The fourth-order valence-corrected chi connectivity index (χ4v) is 5.06. The van der Waals surface area contributed by atoms with Crippen molar-refractivity contribution in [3.05, 3.63) is 60.2 Å². The number of likely N-dealkylation sites (tertiary alicyclic amines) is 1. The number of amides is 6. The van der Waals surface area contributed by atoms with Gasteiger partial charge in [-0.05, 0) is 43.5 Å². The van der Waals surface area contributed by atoms with Crippen molar-refractivity contribution in [2.24, 2.45) is 0 Å². The number of carbonyl (C=O) groups is 6.